The van der Waals surface area contributed by atoms with Gasteiger partial charge in [0.15, 0.2) is 5.13 Å². The van der Waals surface area contributed by atoms with E-state index in [0.29, 0.717) is 24.3 Å². The number of thiazole rings is 1. The lowest BCUT2D eigenvalue weighted by Gasteiger charge is -2.39. The monoisotopic (exact) mass is 411 g/mol. The molecule has 1 saturated heterocycles. The van der Waals surface area contributed by atoms with E-state index in [-0.39, 0.29) is 11.9 Å². The molecule has 0 saturated carbocycles. The largest absolute Gasteiger partial charge is 0.475 e. The number of carbonyl (C=O) groups is 1. The molecule has 1 unspecified atom stereocenters. The molecule has 0 bridgehead atoms. The van der Waals surface area contributed by atoms with Crippen LogP contribution < -0.4 is 10.1 Å². The lowest BCUT2D eigenvalue weighted by molar-refractivity contribution is -0.134. The van der Waals surface area contributed by atoms with E-state index in [2.05, 4.69) is 41.5 Å². The summed E-state index contributed by atoms with van der Waals surface area (Å²) in [7, 11) is 0. The number of aryl methyl sites for hydroxylation is 1. The van der Waals surface area contributed by atoms with Crippen molar-refractivity contribution in [1.82, 2.24) is 19.4 Å². The first-order valence-electron chi connectivity index (χ1n) is 9.73. The number of carbonyl (C=O) groups excluding carboxylic acids is 1. The number of rotatable bonds is 7. The van der Waals surface area contributed by atoms with Crippen LogP contribution >= 0.6 is 11.3 Å². The number of nitrogens with one attached hydrogen (secondary N) is 1. The molecule has 1 fully saturated rings. The van der Waals surface area contributed by atoms with Gasteiger partial charge >= 0.3 is 0 Å². The third-order valence-electron chi connectivity index (χ3n) is 5.11. The number of pyridine rings is 1. The molecule has 1 aliphatic rings. The van der Waals surface area contributed by atoms with Crippen molar-refractivity contribution in [3.8, 4) is 5.88 Å². The van der Waals surface area contributed by atoms with Crippen LogP contribution in [0.5, 0.6) is 5.88 Å². The summed E-state index contributed by atoms with van der Waals surface area (Å²) < 4.78 is 8.31. The molecule has 1 N–H and O–H groups in total. The normalized spacial score (nSPS) is 16.1. The first-order valence-corrected chi connectivity index (χ1v) is 10.5. The Labute approximate surface area is 174 Å². The fourth-order valence-corrected chi connectivity index (χ4v) is 4.14. The Hall–Kier alpha value is -2.87. The van der Waals surface area contributed by atoms with Crippen molar-refractivity contribution in [2.45, 2.75) is 39.3 Å². The maximum atomic E-state index is 11.9. The smallest absolute Gasteiger partial charge is 0.246 e. The molecule has 4 heterocycles. The fourth-order valence-electron chi connectivity index (χ4n) is 3.47. The van der Waals surface area contributed by atoms with Gasteiger partial charge in [-0.15, -0.1) is 11.3 Å². The molecule has 0 aliphatic carbocycles. The van der Waals surface area contributed by atoms with Crippen molar-refractivity contribution in [1.29, 1.82) is 0 Å². The number of likely N-dealkylation sites (tertiary alicyclic amines) is 1. The zero-order chi connectivity index (χ0) is 20.5. The lowest BCUT2D eigenvalue weighted by atomic mass is 10.0. The van der Waals surface area contributed by atoms with E-state index in [1.165, 1.54) is 6.08 Å². The summed E-state index contributed by atoms with van der Waals surface area (Å²) in [5.74, 6) is 1.20. The average molecular weight is 412 g/mol. The number of aromatic nitrogens is 3. The molecule has 7 nitrogen and oxygen atoms in total. The van der Waals surface area contributed by atoms with Crippen molar-refractivity contribution in [3.63, 3.8) is 0 Å². The lowest BCUT2D eigenvalue weighted by Crippen LogP contribution is -2.53. The van der Waals surface area contributed by atoms with Gasteiger partial charge in [0.2, 0.25) is 11.8 Å². The molecule has 8 heteroatoms. The maximum Gasteiger partial charge on any atom is 0.246 e. The second kappa shape index (κ2) is 7.87. The Balaban J connectivity index is 1.62. The first kappa shape index (κ1) is 19.4. The Bertz CT molecular complexity index is 1050. The van der Waals surface area contributed by atoms with Gasteiger partial charge in [0.1, 0.15) is 12.4 Å². The van der Waals surface area contributed by atoms with Crippen molar-refractivity contribution in [2.24, 2.45) is 0 Å². The SMILES string of the molecule is C=CC(=O)N1CCC1COc1nc(Nc2ncc(C)s2)cc2c1ccn2C(C)C. The van der Waals surface area contributed by atoms with Crippen LogP contribution in [0.2, 0.25) is 0 Å². The molecule has 4 rings (SSSR count). The molecule has 3 aromatic heterocycles. The molecule has 1 atom stereocenters. The van der Waals surface area contributed by atoms with E-state index in [0.717, 1.165) is 33.9 Å². The summed E-state index contributed by atoms with van der Waals surface area (Å²) in [5.41, 5.74) is 1.05. The van der Waals surface area contributed by atoms with Crippen LogP contribution in [0.1, 0.15) is 31.2 Å². The van der Waals surface area contributed by atoms with Crippen molar-refractivity contribution in [3.05, 3.63) is 42.1 Å². The number of hydrogen-bond donors (Lipinski definition) is 1. The minimum absolute atomic E-state index is 0.0523. The molecule has 1 amide bonds. The second-order valence-corrected chi connectivity index (χ2v) is 8.69. The molecule has 152 valence electrons. The van der Waals surface area contributed by atoms with Crippen LogP contribution in [0.15, 0.2) is 37.2 Å². The van der Waals surface area contributed by atoms with E-state index >= 15 is 0 Å². The number of fused-ring (bicyclic) bond motifs is 1. The minimum Gasteiger partial charge on any atom is -0.475 e. The highest BCUT2D eigenvalue weighted by Crippen LogP contribution is 2.32. The van der Waals surface area contributed by atoms with E-state index in [4.69, 9.17) is 9.72 Å². The Morgan fingerprint density at radius 2 is 2.34 bits per heavy atom. The summed E-state index contributed by atoms with van der Waals surface area (Å²) in [5, 5.41) is 5.04. The predicted molar refractivity (Wildman–Crippen MR) is 116 cm³/mol. The number of ether oxygens (including phenoxy) is 1. The van der Waals surface area contributed by atoms with E-state index in [1.807, 2.05) is 25.3 Å². The van der Waals surface area contributed by atoms with Gasteiger partial charge < -0.3 is 19.5 Å². The zero-order valence-electron chi connectivity index (χ0n) is 16.9. The third-order valence-corrected chi connectivity index (χ3v) is 5.94. The Morgan fingerprint density at radius 3 is 2.97 bits per heavy atom. The zero-order valence-corrected chi connectivity index (χ0v) is 17.7. The molecular formula is C21H25N5O2S. The van der Waals surface area contributed by atoms with Crippen LogP contribution in [0, 0.1) is 6.92 Å². The van der Waals surface area contributed by atoms with Crippen LogP contribution in [-0.4, -0.2) is 44.5 Å². The van der Waals surface area contributed by atoms with Gasteiger partial charge in [-0.1, -0.05) is 6.58 Å². The van der Waals surface area contributed by atoms with Crippen molar-refractivity contribution in [2.75, 3.05) is 18.5 Å². The number of anilines is 2. The maximum absolute atomic E-state index is 11.9. The summed E-state index contributed by atoms with van der Waals surface area (Å²) in [6.45, 7) is 11.0. The third kappa shape index (κ3) is 3.85. The molecule has 1 aliphatic heterocycles. The van der Waals surface area contributed by atoms with Gasteiger partial charge in [0.25, 0.3) is 0 Å². The highest BCUT2D eigenvalue weighted by atomic mass is 32.1. The van der Waals surface area contributed by atoms with Crippen molar-refractivity contribution < 1.29 is 9.53 Å². The summed E-state index contributed by atoms with van der Waals surface area (Å²) in [6.07, 6.45) is 6.16. The van der Waals surface area contributed by atoms with Gasteiger partial charge in [0.05, 0.1) is 16.9 Å². The van der Waals surface area contributed by atoms with Gasteiger partial charge in [-0.3, -0.25) is 4.79 Å². The van der Waals surface area contributed by atoms with Gasteiger partial charge in [0, 0.05) is 35.9 Å². The second-order valence-electron chi connectivity index (χ2n) is 7.45. The highest BCUT2D eigenvalue weighted by Gasteiger charge is 2.31. The van der Waals surface area contributed by atoms with Gasteiger partial charge in [-0.2, -0.15) is 4.98 Å². The topological polar surface area (TPSA) is 72.3 Å². The quantitative estimate of drug-likeness (QED) is 0.587. The van der Waals surface area contributed by atoms with E-state index in [1.54, 1.807) is 16.2 Å². The predicted octanol–water partition coefficient (Wildman–Crippen LogP) is 4.29. The summed E-state index contributed by atoms with van der Waals surface area (Å²) in [4.78, 5) is 23.9. The Morgan fingerprint density at radius 1 is 1.52 bits per heavy atom. The molecule has 0 spiro atoms. The fraction of sp³-hybridized carbons (Fsp3) is 0.381. The van der Waals surface area contributed by atoms with Crippen LogP contribution in [0.25, 0.3) is 10.9 Å². The number of hydrogen-bond acceptors (Lipinski definition) is 6. The highest BCUT2D eigenvalue weighted by molar-refractivity contribution is 7.15. The number of amides is 1. The molecular weight excluding hydrogens is 386 g/mol. The minimum atomic E-state index is -0.0523. The number of nitrogens with zero attached hydrogens (tertiary/aromatic N) is 4. The van der Waals surface area contributed by atoms with E-state index < -0.39 is 0 Å². The van der Waals surface area contributed by atoms with Crippen LogP contribution in [0.3, 0.4) is 0 Å². The van der Waals surface area contributed by atoms with Gasteiger partial charge in [-0.05, 0) is 39.3 Å². The van der Waals surface area contributed by atoms with Crippen LogP contribution in [-0.2, 0) is 4.79 Å². The summed E-state index contributed by atoms with van der Waals surface area (Å²) >= 11 is 1.58. The average Bonchev–Trinajstić information content (AvgIpc) is 3.26. The van der Waals surface area contributed by atoms with E-state index in [9.17, 15) is 4.79 Å². The standard InChI is InChI=1S/C21H25N5O2S/c1-5-19(27)26-8-6-15(26)12-28-20-16-7-9-25(13(2)3)17(16)10-18(23-20)24-21-22-11-14(4)29-21/h5,7,9-11,13,15H,1,6,8,12H2,2-4H3,(H,22,23,24). The molecule has 0 radical (unpaired) electrons. The van der Waals surface area contributed by atoms with Gasteiger partial charge in [-0.25, -0.2) is 4.98 Å². The van der Waals surface area contributed by atoms with Crippen molar-refractivity contribution >= 4 is 39.1 Å². The Kier molecular flexibility index (Phi) is 5.27. The van der Waals surface area contributed by atoms with Crippen LogP contribution in [0.4, 0.5) is 10.9 Å². The summed E-state index contributed by atoms with van der Waals surface area (Å²) in [6, 6.07) is 4.42. The first-order chi connectivity index (χ1) is 14.0. The molecule has 3 aromatic rings. The molecule has 29 heavy (non-hydrogen) atoms. The molecule has 0 aromatic carbocycles.